The molecule has 120 valence electrons. The third kappa shape index (κ3) is 3.14. The highest BCUT2D eigenvalue weighted by atomic mass is 16.6. The number of nitro benzene ring substituents is 1. The molecule has 0 aliphatic heterocycles. The number of non-ortho nitro benzene ring substituents is 1. The predicted octanol–water partition coefficient (Wildman–Crippen LogP) is 2.03. The lowest BCUT2D eigenvalue weighted by Crippen LogP contribution is -2.37. The molecule has 7 nitrogen and oxygen atoms in total. The van der Waals surface area contributed by atoms with Crippen LogP contribution >= 0.6 is 0 Å². The van der Waals surface area contributed by atoms with Gasteiger partial charge in [0.05, 0.1) is 21.4 Å². The van der Waals surface area contributed by atoms with Crippen LogP contribution < -0.4 is 5.32 Å². The number of aliphatic hydroxyl groups is 1. The SMILES string of the molecule is O=C(NC(CCO)C1CC1)c1ccc([N+](=O)[O-])c2cccnc12. The van der Waals surface area contributed by atoms with Crippen LogP contribution in [0.3, 0.4) is 0 Å². The molecule has 1 aromatic heterocycles. The molecule has 7 heteroatoms. The van der Waals surface area contributed by atoms with Crippen LogP contribution in [0.1, 0.15) is 29.6 Å². The van der Waals surface area contributed by atoms with Gasteiger partial charge in [0.2, 0.25) is 0 Å². The second kappa shape index (κ2) is 6.29. The molecule has 2 N–H and O–H groups in total. The van der Waals surface area contributed by atoms with E-state index in [0.717, 1.165) is 12.8 Å². The van der Waals surface area contributed by atoms with E-state index in [0.29, 0.717) is 28.8 Å². The summed E-state index contributed by atoms with van der Waals surface area (Å²) in [6, 6.07) is 5.89. The Hall–Kier alpha value is -2.54. The van der Waals surface area contributed by atoms with Crippen LogP contribution in [-0.4, -0.2) is 33.6 Å². The minimum Gasteiger partial charge on any atom is -0.396 e. The topological polar surface area (TPSA) is 105 Å². The quantitative estimate of drug-likeness (QED) is 0.627. The lowest BCUT2D eigenvalue weighted by molar-refractivity contribution is -0.383. The van der Waals surface area contributed by atoms with Crippen molar-refractivity contribution in [3.8, 4) is 0 Å². The first-order valence-corrected chi connectivity index (χ1v) is 7.55. The van der Waals surface area contributed by atoms with E-state index >= 15 is 0 Å². The first-order chi connectivity index (χ1) is 11.1. The van der Waals surface area contributed by atoms with Gasteiger partial charge < -0.3 is 10.4 Å². The molecular weight excluding hydrogens is 298 g/mol. The normalized spacial score (nSPS) is 15.3. The number of rotatable bonds is 6. The van der Waals surface area contributed by atoms with Crippen LogP contribution in [0.15, 0.2) is 30.5 Å². The van der Waals surface area contributed by atoms with E-state index in [9.17, 15) is 14.9 Å². The Labute approximate surface area is 132 Å². The molecule has 1 amide bonds. The van der Waals surface area contributed by atoms with Crippen LogP contribution in [-0.2, 0) is 0 Å². The zero-order chi connectivity index (χ0) is 16.4. The fraction of sp³-hybridized carbons (Fsp3) is 0.375. The van der Waals surface area contributed by atoms with E-state index in [2.05, 4.69) is 10.3 Å². The number of hydrogen-bond donors (Lipinski definition) is 2. The highest BCUT2D eigenvalue weighted by Crippen LogP contribution is 2.34. The van der Waals surface area contributed by atoms with Crippen molar-refractivity contribution >= 4 is 22.5 Å². The van der Waals surface area contributed by atoms with Gasteiger partial charge in [0.25, 0.3) is 11.6 Å². The summed E-state index contributed by atoms with van der Waals surface area (Å²) in [5.41, 5.74) is 0.561. The number of amides is 1. The minimum absolute atomic E-state index is 0.0146. The summed E-state index contributed by atoms with van der Waals surface area (Å²) in [6.45, 7) is 0.0146. The average Bonchev–Trinajstić information content (AvgIpc) is 3.38. The van der Waals surface area contributed by atoms with Crippen LogP contribution in [0.2, 0.25) is 0 Å². The van der Waals surface area contributed by atoms with Crippen molar-refractivity contribution in [1.82, 2.24) is 10.3 Å². The molecule has 0 spiro atoms. The number of aliphatic hydroxyl groups excluding tert-OH is 1. The van der Waals surface area contributed by atoms with E-state index in [4.69, 9.17) is 5.11 Å². The predicted molar refractivity (Wildman–Crippen MR) is 84.1 cm³/mol. The Kier molecular flexibility index (Phi) is 4.20. The van der Waals surface area contributed by atoms with Gasteiger partial charge in [-0.2, -0.15) is 0 Å². The summed E-state index contributed by atoms with van der Waals surface area (Å²) < 4.78 is 0. The van der Waals surface area contributed by atoms with Gasteiger partial charge in [-0.15, -0.1) is 0 Å². The standard InChI is InChI=1S/C16H17N3O4/c20-9-7-13(10-3-4-10)18-16(21)12-5-6-14(19(22)23)11-2-1-8-17-15(11)12/h1-2,5-6,8,10,13,20H,3-4,7,9H2,(H,18,21). The molecule has 1 aromatic carbocycles. The van der Waals surface area contributed by atoms with E-state index in [1.54, 1.807) is 12.1 Å². The molecule has 1 saturated carbocycles. The first kappa shape index (κ1) is 15.4. The summed E-state index contributed by atoms with van der Waals surface area (Å²) in [7, 11) is 0. The summed E-state index contributed by atoms with van der Waals surface area (Å²) in [4.78, 5) is 27.3. The molecule has 1 aliphatic rings. The smallest absolute Gasteiger partial charge is 0.278 e. The Balaban J connectivity index is 1.94. The van der Waals surface area contributed by atoms with Crippen molar-refractivity contribution in [2.75, 3.05) is 6.61 Å². The summed E-state index contributed by atoms with van der Waals surface area (Å²) >= 11 is 0. The fourth-order valence-electron chi connectivity index (χ4n) is 2.81. The number of hydrogen-bond acceptors (Lipinski definition) is 5. The van der Waals surface area contributed by atoms with Gasteiger partial charge >= 0.3 is 0 Å². The molecular formula is C16H17N3O4. The summed E-state index contributed by atoms with van der Waals surface area (Å²) in [6.07, 6.45) is 4.11. The number of carbonyl (C=O) groups excluding carboxylic acids is 1. The van der Waals surface area contributed by atoms with Crippen molar-refractivity contribution in [2.45, 2.75) is 25.3 Å². The Morgan fingerprint density at radius 2 is 2.22 bits per heavy atom. The monoisotopic (exact) mass is 315 g/mol. The molecule has 1 aliphatic carbocycles. The number of pyridine rings is 1. The molecule has 0 bridgehead atoms. The van der Waals surface area contributed by atoms with Crippen molar-refractivity contribution < 1.29 is 14.8 Å². The molecule has 1 atom stereocenters. The number of nitro groups is 1. The summed E-state index contributed by atoms with van der Waals surface area (Å²) in [5.74, 6) is 0.0947. The number of fused-ring (bicyclic) bond motifs is 1. The maximum atomic E-state index is 12.6. The van der Waals surface area contributed by atoms with Crippen LogP contribution in [0, 0.1) is 16.0 Å². The average molecular weight is 315 g/mol. The molecule has 23 heavy (non-hydrogen) atoms. The zero-order valence-electron chi connectivity index (χ0n) is 12.4. The number of nitrogens with one attached hydrogen (secondary N) is 1. The van der Waals surface area contributed by atoms with Gasteiger partial charge in [0.15, 0.2) is 0 Å². The molecule has 1 heterocycles. The number of benzene rings is 1. The maximum absolute atomic E-state index is 12.6. The second-order valence-electron chi connectivity index (χ2n) is 5.72. The third-order valence-corrected chi connectivity index (χ3v) is 4.14. The molecule has 1 unspecified atom stereocenters. The van der Waals surface area contributed by atoms with Crippen LogP contribution in [0.4, 0.5) is 5.69 Å². The lowest BCUT2D eigenvalue weighted by atomic mass is 10.1. The van der Waals surface area contributed by atoms with E-state index < -0.39 is 4.92 Å². The van der Waals surface area contributed by atoms with E-state index in [1.165, 1.54) is 18.3 Å². The Bertz CT molecular complexity index is 758. The van der Waals surface area contributed by atoms with Crippen molar-refractivity contribution in [3.63, 3.8) is 0 Å². The van der Waals surface area contributed by atoms with Crippen molar-refractivity contribution in [2.24, 2.45) is 5.92 Å². The van der Waals surface area contributed by atoms with Crippen LogP contribution in [0.25, 0.3) is 10.9 Å². The number of carbonyl (C=O) groups is 1. The van der Waals surface area contributed by atoms with E-state index in [1.807, 2.05) is 0 Å². The molecule has 2 aromatic rings. The minimum atomic E-state index is -0.482. The van der Waals surface area contributed by atoms with Gasteiger partial charge in [-0.1, -0.05) is 0 Å². The van der Waals surface area contributed by atoms with Crippen molar-refractivity contribution in [1.29, 1.82) is 0 Å². The maximum Gasteiger partial charge on any atom is 0.278 e. The zero-order valence-corrected chi connectivity index (χ0v) is 12.4. The van der Waals surface area contributed by atoms with Gasteiger partial charge in [-0.3, -0.25) is 19.9 Å². The van der Waals surface area contributed by atoms with Crippen molar-refractivity contribution in [3.05, 3.63) is 46.1 Å². The van der Waals surface area contributed by atoms with Gasteiger partial charge in [0.1, 0.15) is 0 Å². The first-order valence-electron chi connectivity index (χ1n) is 7.55. The highest BCUT2D eigenvalue weighted by molar-refractivity contribution is 6.07. The van der Waals surface area contributed by atoms with Crippen LogP contribution in [0.5, 0.6) is 0 Å². The van der Waals surface area contributed by atoms with Gasteiger partial charge in [0, 0.05) is 24.9 Å². The fourth-order valence-corrected chi connectivity index (χ4v) is 2.81. The lowest BCUT2D eigenvalue weighted by Gasteiger charge is -2.17. The Morgan fingerprint density at radius 3 is 2.87 bits per heavy atom. The van der Waals surface area contributed by atoms with Gasteiger partial charge in [-0.05, 0) is 43.4 Å². The second-order valence-corrected chi connectivity index (χ2v) is 5.72. The molecule has 1 fully saturated rings. The van der Waals surface area contributed by atoms with E-state index in [-0.39, 0.29) is 24.2 Å². The highest BCUT2D eigenvalue weighted by Gasteiger charge is 2.32. The molecule has 3 rings (SSSR count). The van der Waals surface area contributed by atoms with Gasteiger partial charge in [-0.25, -0.2) is 0 Å². The number of aromatic nitrogens is 1. The molecule has 0 radical (unpaired) electrons. The largest absolute Gasteiger partial charge is 0.396 e. The Morgan fingerprint density at radius 1 is 1.43 bits per heavy atom. The molecule has 0 saturated heterocycles. The number of nitrogens with zero attached hydrogens (tertiary/aromatic N) is 2. The summed E-state index contributed by atoms with van der Waals surface area (Å²) in [5, 5.41) is 23.5. The third-order valence-electron chi connectivity index (χ3n) is 4.14.